The van der Waals surface area contributed by atoms with Crippen LogP contribution in [0.1, 0.15) is 40.5 Å². The SMILES string of the molecule is CC1CC(O[Si](C)(C)C(C)(C)C)CC1=O. The third kappa shape index (κ3) is 2.91. The number of rotatable bonds is 2. The van der Waals surface area contributed by atoms with Gasteiger partial charge in [0, 0.05) is 12.3 Å². The Morgan fingerprint density at radius 1 is 1.33 bits per heavy atom. The summed E-state index contributed by atoms with van der Waals surface area (Å²) in [5, 5.41) is 0.238. The first kappa shape index (κ1) is 12.9. The van der Waals surface area contributed by atoms with Crippen LogP contribution in [-0.2, 0) is 9.22 Å². The highest BCUT2D eigenvalue weighted by Gasteiger charge is 2.41. The van der Waals surface area contributed by atoms with E-state index in [-0.39, 0.29) is 17.1 Å². The van der Waals surface area contributed by atoms with Crippen molar-refractivity contribution in [2.24, 2.45) is 5.92 Å². The zero-order valence-electron chi connectivity index (χ0n) is 10.9. The fourth-order valence-electron chi connectivity index (χ4n) is 1.72. The summed E-state index contributed by atoms with van der Waals surface area (Å²) in [6, 6.07) is 0. The Morgan fingerprint density at radius 2 is 1.87 bits per heavy atom. The van der Waals surface area contributed by atoms with Gasteiger partial charge >= 0.3 is 0 Å². The van der Waals surface area contributed by atoms with Crippen LogP contribution >= 0.6 is 0 Å². The molecule has 0 bridgehead atoms. The largest absolute Gasteiger partial charge is 0.413 e. The zero-order valence-corrected chi connectivity index (χ0v) is 11.9. The highest BCUT2D eigenvalue weighted by molar-refractivity contribution is 6.74. The topological polar surface area (TPSA) is 26.3 Å². The molecule has 0 aromatic carbocycles. The third-order valence-electron chi connectivity index (χ3n) is 3.86. The smallest absolute Gasteiger partial charge is 0.192 e. The van der Waals surface area contributed by atoms with Crippen LogP contribution in [0, 0.1) is 5.92 Å². The van der Waals surface area contributed by atoms with E-state index in [1.54, 1.807) is 0 Å². The molecule has 0 aliphatic heterocycles. The van der Waals surface area contributed by atoms with Crippen LogP contribution < -0.4 is 0 Å². The molecular formula is C12H24O2Si. The minimum atomic E-state index is -1.68. The quantitative estimate of drug-likeness (QED) is 0.677. The van der Waals surface area contributed by atoms with Gasteiger partial charge in [-0.3, -0.25) is 4.79 Å². The molecule has 1 saturated carbocycles. The lowest BCUT2D eigenvalue weighted by Crippen LogP contribution is -2.43. The summed E-state index contributed by atoms with van der Waals surface area (Å²) in [6.45, 7) is 13.2. The summed E-state index contributed by atoms with van der Waals surface area (Å²) in [4.78, 5) is 11.5. The second kappa shape index (κ2) is 4.02. The molecule has 2 unspecified atom stereocenters. The fourth-order valence-corrected chi connectivity index (χ4v) is 3.08. The van der Waals surface area contributed by atoms with Crippen molar-refractivity contribution in [3.63, 3.8) is 0 Å². The monoisotopic (exact) mass is 228 g/mol. The summed E-state index contributed by atoms with van der Waals surface area (Å²) in [5.74, 6) is 0.582. The molecule has 2 atom stereocenters. The summed E-state index contributed by atoms with van der Waals surface area (Å²) >= 11 is 0. The van der Waals surface area contributed by atoms with Crippen molar-refractivity contribution < 1.29 is 9.22 Å². The van der Waals surface area contributed by atoms with Crippen LogP contribution in [0.25, 0.3) is 0 Å². The number of Topliss-reactive ketones (excluding diaryl/α,β-unsaturated/α-hetero) is 1. The molecule has 0 amide bonds. The molecular weight excluding hydrogens is 204 g/mol. The van der Waals surface area contributed by atoms with E-state index in [0.717, 1.165) is 6.42 Å². The molecule has 0 N–H and O–H groups in total. The lowest BCUT2D eigenvalue weighted by Gasteiger charge is -2.38. The molecule has 0 aromatic heterocycles. The van der Waals surface area contributed by atoms with Gasteiger partial charge in [-0.1, -0.05) is 27.7 Å². The van der Waals surface area contributed by atoms with Gasteiger partial charge in [0.1, 0.15) is 5.78 Å². The number of hydrogen-bond donors (Lipinski definition) is 0. The van der Waals surface area contributed by atoms with E-state index in [1.165, 1.54) is 0 Å². The molecule has 1 fully saturated rings. The van der Waals surface area contributed by atoms with Gasteiger partial charge in [-0.2, -0.15) is 0 Å². The van der Waals surface area contributed by atoms with E-state index < -0.39 is 8.32 Å². The molecule has 2 nitrogen and oxygen atoms in total. The van der Waals surface area contributed by atoms with Gasteiger partial charge in [0.05, 0.1) is 6.10 Å². The molecule has 0 saturated heterocycles. The van der Waals surface area contributed by atoms with Gasteiger partial charge in [-0.25, -0.2) is 0 Å². The Bertz CT molecular complexity index is 253. The fraction of sp³-hybridized carbons (Fsp3) is 0.917. The van der Waals surface area contributed by atoms with E-state index in [4.69, 9.17) is 4.43 Å². The lowest BCUT2D eigenvalue weighted by molar-refractivity contribution is -0.120. The maximum absolute atomic E-state index is 11.5. The van der Waals surface area contributed by atoms with Gasteiger partial charge in [0.25, 0.3) is 0 Å². The summed E-state index contributed by atoms with van der Waals surface area (Å²) < 4.78 is 6.22. The van der Waals surface area contributed by atoms with E-state index in [9.17, 15) is 4.79 Å². The Kier molecular flexibility index (Phi) is 3.46. The van der Waals surface area contributed by atoms with Crippen LogP contribution in [0.5, 0.6) is 0 Å². The van der Waals surface area contributed by atoms with Crippen LogP contribution in [0.3, 0.4) is 0 Å². The predicted molar refractivity (Wildman–Crippen MR) is 65.5 cm³/mol. The van der Waals surface area contributed by atoms with E-state index in [1.807, 2.05) is 6.92 Å². The van der Waals surface area contributed by atoms with Gasteiger partial charge in [0.15, 0.2) is 8.32 Å². The summed E-state index contributed by atoms with van der Waals surface area (Å²) in [7, 11) is -1.68. The standard InChI is InChI=1S/C12H24O2Si/c1-9-7-10(8-11(9)13)14-15(5,6)12(2,3)4/h9-10H,7-8H2,1-6H3. The Morgan fingerprint density at radius 3 is 2.20 bits per heavy atom. The van der Waals surface area contributed by atoms with Crippen molar-refractivity contribution in [2.45, 2.75) is 64.8 Å². The second-order valence-electron chi connectivity index (χ2n) is 6.31. The van der Waals surface area contributed by atoms with Crippen LogP contribution in [0.15, 0.2) is 0 Å². The number of hydrogen-bond acceptors (Lipinski definition) is 2. The second-order valence-corrected chi connectivity index (χ2v) is 11.1. The predicted octanol–water partition coefficient (Wildman–Crippen LogP) is 3.38. The molecule has 0 spiro atoms. The maximum Gasteiger partial charge on any atom is 0.192 e. The summed E-state index contributed by atoms with van der Waals surface area (Å²) in [6.07, 6.45) is 1.74. The van der Waals surface area contributed by atoms with E-state index in [0.29, 0.717) is 12.2 Å². The zero-order chi connectivity index (χ0) is 11.9. The van der Waals surface area contributed by atoms with Gasteiger partial charge in [-0.05, 0) is 24.6 Å². The van der Waals surface area contributed by atoms with Gasteiger partial charge in [0.2, 0.25) is 0 Å². The van der Waals surface area contributed by atoms with Crippen LogP contribution in [0.4, 0.5) is 0 Å². The first-order chi connectivity index (χ1) is 6.63. The Hall–Kier alpha value is -0.153. The van der Waals surface area contributed by atoms with Crippen molar-refractivity contribution in [3.8, 4) is 0 Å². The first-order valence-corrected chi connectivity index (χ1v) is 8.75. The normalized spacial score (nSPS) is 28.5. The number of carbonyl (C=O) groups excluding carboxylic acids is 1. The van der Waals surface area contributed by atoms with Gasteiger partial charge < -0.3 is 4.43 Å². The highest BCUT2D eigenvalue weighted by atomic mass is 28.4. The first-order valence-electron chi connectivity index (χ1n) is 5.84. The van der Waals surface area contributed by atoms with E-state index >= 15 is 0 Å². The molecule has 0 radical (unpaired) electrons. The van der Waals surface area contributed by atoms with Crippen LogP contribution in [-0.4, -0.2) is 20.2 Å². The van der Waals surface area contributed by atoms with Gasteiger partial charge in [-0.15, -0.1) is 0 Å². The summed E-state index contributed by atoms with van der Waals surface area (Å²) in [5.41, 5.74) is 0. The lowest BCUT2D eigenvalue weighted by atomic mass is 10.1. The van der Waals surface area contributed by atoms with Crippen molar-refractivity contribution in [2.75, 3.05) is 0 Å². The Balaban J connectivity index is 2.60. The minimum absolute atomic E-state index is 0.188. The average Bonchev–Trinajstić information content (AvgIpc) is 2.27. The molecule has 15 heavy (non-hydrogen) atoms. The van der Waals surface area contributed by atoms with Crippen molar-refractivity contribution >= 4 is 14.1 Å². The Labute approximate surface area is 94.5 Å². The van der Waals surface area contributed by atoms with Crippen molar-refractivity contribution in [1.29, 1.82) is 0 Å². The van der Waals surface area contributed by atoms with Crippen molar-refractivity contribution in [1.82, 2.24) is 0 Å². The average molecular weight is 228 g/mol. The number of ketones is 1. The molecule has 1 rings (SSSR count). The molecule has 0 aromatic rings. The minimum Gasteiger partial charge on any atom is -0.413 e. The van der Waals surface area contributed by atoms with Crippen LogP contribution in [0.2, 0.25) is 18.1 Å². The molecule has 88 valence electrons. The maximum atomic E-state index is 11.5. The van der Waals surface area contributed by atoms with E-state index in [2.05, 4.69) is 33.9 Å². The molecule has 1 aliphatic rings. The highest BCUT2D eigenvalue weighted by Crippen LogP contribution is 2.39. The third-order valence-corrected chi connectivity index (χ3v) is 8.40. The molecule has 1 aliphatic carbocycles. The molecule has 0 heterocycles. The molecule has 3 heteroatoms. The number of carbonyl (C=O) groups is 1. The van der Waals surface area contributed by atoms with Crippen molar-refractivity contribution in [3.05, 3.63) is 0 Å².